The summed E-state index contributed by atoms with van der Waals surface area (Å²) in [4.78, 5) is 22.3. The van der Waals surface area contributed by atoms with Crippen LogP contribution in [0.4, 0.5) is 0 Å². The Morgan fingerprint density at radius 3 is 2.19 bits per heavy atom. The van der Waals surface area contributed by atoms with E-state index in [0.29, 0.717) is 0 Å². The molecule has 1 amide bonds. The van der Waals surface area contributed by atoms with Gasteiger partial charge in [0.15, 0.2) is 11.6 Å². The van der Waals surface area contributed by atoms with Crippen LogP contribution in [0.3, 0.4) is 0 Å². The molecule has 7 heteroatoms. The van der Waals surface area contributed by atoms with Gasteiger partial charge in [0.25, 0.3) is 5.91 Å². The lowest BCUT2D eigenvalue weighted by Crippen LogP contribution is -2.65. The predicted octanol–water partition coefficient (Wildman–Crippen LogP) is -2.32. The van der Waals surface area contributed by atoms with Crippen LogP contribution in [0.25, 0.3) is 0 Å². The van der Waals surface area contributed by atoms with E-state index < -0.39 is 41.6 Å². The van der Waals surface area contributed by atoms with Gasteiger partial charge < -0.3 is 25.7 Å². The van der Waals surface area contributed by atoms with Crippen LogP contribution in [-0.2, 0) is 9.59 Å². The molecule has 0 saturated carbocycles. The molecular weight excluding hydrogens is 218 g/mol. The first-order valence-electron chi connectivity index (χ1n) is 4.84. The summed E-state index contributed by atoms with van der Waals surface area (Å²) < 4.78 is 0. The van der Waals surface area contributed by atoms with Gasteiger partial charge in [0.05, 0.1) is 6.10 Å². The van der Waals surface area contributed by atoms with Crippen molar-refractivity contribution in [1.29, 1.82) is 0 Å². The highest BCUT2D eigenvalue weighted by Gasteiger charge is 2.62. The van der Waals surface area contributed by atoms with E-state index in [-0.39, 0.29) is 0 Å². The van der Waals surface area contributed by atoms with Gasteiger partial charge in [0, 0.05) is 0 Å². The van der Waals surface area contributed by atoms with E-state index in [2.05, 4.69) is 0 Å². The lowest BCUT2D eigenvalue weighted by Gasteiger charge is -2.34. The maximum Gasteiger partial charge on any atom is 0.335 e. The fourth-order valence-electron chi connectivity index (χ4n) is 1.83. The van der Waals surface area contributed by atoms with Crippen LogP contribution in [-0.4, -0.2) is 56.2 Å². The molecular formula is C9H15NO6. The highest BCUT2D eigenvalue weighted by molar-refractivity contribution is 5.95. The van der Waals surface area contributed by atoms with E-state index in [4.69, 9.17) is 5.11 Å². The minimum absolute atomic E-state index is 0.503. The number of nitrogens with one attached hydrogen (secondary N) is 1. The first-order valence-corrected chi connectivity index (χ1v) is 4.84. The molecule has 7 nitrogen and oxygen atoms in total. The summed E-state index contributed by atoms with van der Waals surface area (Å²) >= 11 is 0. The van der Waals surface area contributed by atoms with Crippen molar-refractivity contribution in [2.75, 3.05) is 0 Å². The summed E-state index contributed by atoms with van der Waals surface area (Å²) in [5.41, 5.74) is -2.25. The van der Waals surface area contributed by atoms with Gasteiger partial charge in [0.2, 0.25) is 0 Å². The number of hydrogen-bond acceptors (Lipinski definition) is 5. The van der Waals surface area contributed by atoms with Crippen molar-refractivity contribution in [3.63, 3.8) is 0 Å². The number of rotatable bonds is 3. The summed E-state index contributed by atoms with van der Waals surface area (Å²) in [7, 11) is 0. The van der Waals surface area contributed by atoms with E-state index in [1.165, 1.54) is 0 Å². The van der Waals surface area contributed by atoms with Crippen LogP contribution in [0, 0.1) is 5.92 Å². The number of amides is 1. The van der Waals surface area contributed by atoms with E-state index >= 15 is 0 Å². The Morgan fingerprint density at radius 1 is 1.44 bits per heavy atom. The first kappa shape index (κ1) is 12.9. The quantitative estimate of drug-likeness (QED) is 0.372. The average molecular weight is 233 g/mol. The summed E-state index contributed by atoms with van der Waals surface area (Å²) in [6, 6.07) is 0. The monoisotopic (exact) mass is 233 g/mol. The number of aliphatic hydroxyl groups is 3. The van der Waals surface area contributed by atoms with Crippen molar-refractivity contribution < 1.29 is 30.0 Å². The standard InChI is InChI=1S/C9H15NO6/c1-3(2)5(12)9(8(15)16)6(13)4(11)7(14)10-9/h3-6,11-13H,1-2H3,(H,10,14)(H,15,16)/t4-,5+,6-,9-/m1/s1. The predicted molar refractivity (Wildman–Crippen MR) is 51.4 cm³/mol. The maximum absolute atomic E-state index is 11.1. The molecule has 16 heavy (non-hydrogen) atoms. The van der Waals surface area contributed by atoms with Gasteiger partial charge in [-0.15, -0.1) is 0 Å². The molecule has 0 bridgehead atoms. The Kier molecular flexibility index (Phi) is 3.22. The molecule has 1 heterocycles. The highest BCUT2D eigenvalue weighted by atomic mass is 16.4. The molecule has 0 aromatic carbocycles. The van der Waals surface area contributed by atoms with Crippen LogP contribution in [0.15, 0.2) is 0 Å². The second-order valence-electron chi connectivity index (χ2n) is 4.24. The second kappa shape index (κ2) is 4.00. The Balaban J connectivity index is 3.18. The zero-order valence-electron chi connectivity index (χ0n) is 8.91. The minimum Gasteiger partial charge on any atom is -0.479 e. The Hall–Kier alpha value is -1.18. The number of hydrogen-bond donors (Lipinski definition) is 5. The van der Waals surface area contributed by atoms with Gasteiger partial charge >= 0.3 is 5.97 Å². The van der Waals surface area contributed by atoms with Crippen LogP contribution in [0.5, 0.6) is 0 Å². The topological polar surface area (TPSA) is 127 Å². The SMILES string of the molecule is CC(C)[C@H](O)[C@@]1(C(=O)O)NC(=O)[C@H](O)[C@H]1O. The van der Waals surface area contributed by atoms with Crippen molar-refractivity contribution in [2.45, 2.75) is 37.7 Å². The van der Waals surface area contributed by atoms with Crippen molar-refractivity contribution in [2.24, 2.45) is 5.92 Å². The molecule has 1 rings (SSSR count). The Bertz CT molecular complexity index is 317. The molecule has 5 N–H and O–H groups in total. The fourth-order valence-corrected chi connectivity index (χ4v) is 1.83. The van der Waals surface area contributed by atoms with Crippen LogP contribution >= 0.6 is 0 Å². The molecule has 0 spiro atoms. The van der Waals surface area contributed by atoms with E-state index in [1.807, 2.05) is 5.32 Å². The molecule has 0 aliphatic carbocycles. The number of carboxylic acid groups (broad SMARTS) is 1. The number of carbonyl (C=O) groups is 2. The summed E-state index contributed by atoms with van der Waals surface area (Å²) in [5.74, 6) is -3.09. The summed E-state index contributed by atoms with van der Waals surface area (Å²) in [5, 5.41) is 39.6. The van der Waals surface area contributed by atoms with Crippen LogP contribution < -0.4 is 5.32 Å². The molecule has 0 unspecified atom stereocenters. The van der Waals surface area contributed by atoms with Crippen molar-refractivity contribution in [3.8, 4) is 0 Å². The fraction of sp³-hybridized carbons (Fsp3) is 0.778. The zero-order valence-corrected chi connectivity index (χ0v) is 8.91. The number of carboxylic acids is 1. The first-order chi connectivity index (χ1) is 7.25. The average Bonchev–Trinajstić information content (AvgIpc) is 2.42. The van der Waals surface area contributed by atoms with Gasteiger partial charge in [-0.3, -0.25) is 4.79 Å². The van der Waals surface area contributed by atoms with Crippen molar-refractivity contribution in [3.05, 3.63) is 0 Å². The van der Waals surface area contributed by atoms with E-state index in [0.717, 1.165) is 0 Å². The van der Waals surface area contributed by atoms with Crippen molar-refractivity contribution >= 4 is 11.9 Å². The number of aliphatic hydroxyl groups excluding tert-OH is 3. The van der Waals surface area contributed by atoms with Gasteiger partial charge in [0.1, 0.15) is 6.10 Å². The van der Waals surface area contributed by atoms with Gasteiger partial charge in [-0.1, -0.05) is 13.8 Å². The Labute approximate surface area is 91.7 Å². The zero-order chi connectivity index (χ0) is 12.7. The molecule has 0 aromatic rings. The number of aliphatic carboxylic acids is 1. The minimum atomic E-state index is -2.25. The van der Waals surface area contributed by atoms with Crippen molar-refractivity contribution in [1.82, 2.24) is 5.32 Å². The Morgan fingerprint density at radius 2 is 1.94 bits per heavy atom. The molecule has 4 atom stereocenters. The van der Waals surface area contributed by atoms with Gasteiger partial charge in [-0.25, -0.2) is 4.79 Å². The maximum atomic E-state index is 11.1. The third-order valence-electron chi connectivity index (χ3n) is 2.82. The lowest BCUT2D eigenvalue weighted by molar-refractivity contribution is -0.160. The smallest absolute Gasteiger partial charge is 0.335 e. The molecule has 92 valence electrons. The molecule has 0 radical (unpaired) electrons. The molecule has 1 aliphatic rings. The summed E-state index contributed by atoms with van der Waals surface area (Å²) in [6.45, 7) is 3.08. The second-order valence-corrected chi connectivity index (χ2v) is 4.24. The molecule has 1 fully saturated rings. The van der Waals surface area contributed by atoms with Crippen LogP contribution in [0.2, 0.25) is 0 Å². The molecule has 1 saturated heterocycles. The molecule has 1 aliphatic heterocycles. The number of carbonyl (C=O) groups excluding carboxylic acids is 1. The third kappa shape index (κ3) is 1.57. The normalized spacial score (nSPS) is 36.2. The third-order valence-corrected chi connectivity index (χ3v) is 2.82. The van der Waals surface area contributed by atoms with Gasteiger partial charge in [-0.05, 0) is 5.92 Å². The summed E-state index contributed by atoms with van der Waals surface area (Å²) in [6.07, 6.45) is -5.22. The van der Waals surface area contributed by atoms with E-state index in [1.54, 1.807) is 13.8 Å². The van der Waals surface area contributed by atoms with E-state index in [9.17, 15) is 24.9 Å². The van der Waals surface area contributed by atoms with Crippen LogP contribution in [0.1, 0.15) is 13.8 Å². The highest BCUT2D eigenvalue weighted by Crippen LogP contribution is 2.29. The van der Waals surface area contributed by atoms with Gasteiger partial charge in [-0.2, -0.15) is 0 Å². The molecule has 0 aromatic heterocycles. The lowest BCUT2D eigenvalue weighted by atomic mass is 9.82. The largest absolute Gasteiger partial charge is 0.479 e.